The first-order valence-electron chi connectivity index (χ1n) is 5.58. The first-order valence-corrected chi connectivity index (χ1v) is 5.58. The summed E-state index contributed by atoms with van der Waals surface area (Å²) in [6.45, 7) is 4.38. The van der Waals surface area contributed by atoms with Crippen LogP contribution < -0.4 is 4.74 Å². The molecule has 2 aromatic rings. The molecular formula is C13H15FN2O. The Kier molecular flexibility index (Phi) is 3.42. The van der Waals surface area contributed by atoms with Crippen LogP contribution in [0.25, 0.3) is 0 Å². The zero-order valence-electron chi connectivity index (χ0n) is 9.93. The molecule has 0 radical (unpaired) electrons. The highest BCUT2D eigenvalue weighted by atomic mass is 19.1. The Labute approximate surface area is 99.8 Å². The number of rotatable bonds is 4. The van der Waals surface area contributed by atoms with Gasteiger partial charge in [-0.2, -0.15) is 5.10 Å². The predicted molar refractivity (Wildman–Crippen MR) is 63.3 cm³/mol. The van der Waals surface area contributed by atoms with Crippen LogP contribution in [0.5, 0.6) is 5.75 Å². The van der Waals surface area contributed by atoms with Crippen molar-refractivity contribution in [2.75, 3.05) is 0 Å². The van der Waals surface area contributed by atoms with Gasteiger partial charge in [0.25, 0.3) is 0 Å². The summed E-state index contributed by atoms with van der Waals surface area (Å²) in [5.41, 5.74) is 0.793. The lowest BCUT2D eigenvalue weighted by Crippen LogP contribution is -2.03. The highest BCUT2D eigenvalue weighted by Gasteiger charge is 2.05. The molecule has 0 unspecified atom stereocenters. The van der Waals surface area contributed by atoms with Crippen molar-refractivity contribution in [3.8, 4) is 5.75 Å². The quantitative estimate of drug-likeness (QED) is 0.812. The molecule has 0 aliphatic rings. The molecule has 0 aliphatic carbocycles. The van der Waals surface area contributed by atoms with Crippen molar-refractivity contribution < 1.29 is 9.13 Å². The standard InChI is InChI=1S/C13H15FN2O/c1-10(2)16-8-7-11(15-16)9-17-13-6-4-3-5-12(13)14/h3-8,10H,9H2,1-2H3. The average molecular weight is 234 g/mol. The van der Waals surface area contributed by atoms with Crippen LogP contribution in [-0.4, -0.2) is 9.78 Å². The monoisotopic (exact) mass is 234 g/mol. The molecule has 1 aromatic carbocycles. The Morgan fingerprint density at radius 2 is 2.06 bits per heavy atom. The van der Waals surface area contributed by atoms with Gasteiger partial charge in [-0.25, -0.2) is 4.39 Å². The van der Waals surface area contributed by atoms with E-state index < -0.39 is 0 Å². The fourth-order valence-electron chi connectivity index (χ4n) is 1.46. The molecule has 0 saturated carbocycles. The number of para-hydroxylation sites is 1. The summed E-state index contributed by atoms with van der Waals surface area (Å²) in [5.74, 6) is -0.0950. The van der Waals surface area contributed by atoms with Crippen molar-refractivity contribution in [2.45, 2.75) is 26.5 Å². The van der Waals surface area contributed by atoms with Gasteiger partial charge >= 0.3 is 0 Å². The molecule has 0 aliphatic heterocycles. The summed E-state index contributed by atoms with van der Waals surface area (Å²) in [6, 6.07) is 8.55. The number of ether oxygens (including phenoxy) is 1. The summed E-state index contributed by atoms with van der Waals surface area (Å²) in [5, 5.41) is 4.32. The van der Waals surface area contributed by atoms with Crippen LogP contribution in [0.4, 0.5) is 4.39 Å². The Hall–Kier alpha value is -1.84. The summed E-state index contributed by atoms with van der Waals surface area (Å²) < 4.78 is 20.5. The molecule has 0 N–H and O–H groups in total. The van der Waals surface area contributed by atoms with E-state index in [-0.39, 0.29) is 18.2 Å². The van der Waals surface area contributed by atoms with Crippen molar-refractivity contribution in [3.63, 3.8) is 0 Å². The molecular weight excluding hydrogens is 219 g/mol. The van der Waals surface area contributed by atoms with Crippen LogP contribution in [0.1, 0.15) is 25.6 Å². The first-order chi connectivity index (χ1) is 8.16. The molecule has 0 amide bonds. The minimum Gasteiger partial charge on any atom is -0.484 e. The van der Waals surface area contributed by atoms with Gasteiger partial charge in [-0.05, 0) is 32.0 Å². The lowest BCUT2D eigenvalue weighted by atomic mass is 10.3. The van der Waals surface area contributed by atoms with Gasteiger partial charge in [0.2, 0.25) is 0 Å². The normalized spacial score (nSPS) is 10.8. The second-order valence-corrected chi connectivity index (χ2v) is 4.10. The van der Waals surface area contributed by atoms with Gasteiger partial charge in [0.05, 0.1) is 5.69 Å². The number of benzene rings is 1. The topological polar surface area (TPSA) is 27.1 Å². The number of hydrogen-bond donors (Lipinski definition) is 0. The third-order valence-electron chi connectivity index (χ3n) is 2.40. The maximum atomic E-state index is 13.3. The van der Waals surface area contributed by atoms with E-state index in [1.165, 1.54) is 6.07 Å². The van der Waals surface area contributed by atoms with E-state index in [0.717, 1.165) is 5.69 Å². The van der Waals surface area contributed by atoms with Crippen LogP contribution in [0.15, 0.2) is 36.5 Å². The average Bonchev–Trinajstić information content (AvgIpc) is 2.77. The lowest BCUT2D eigenvalue weighted by molar-refractivity contribution is 0.284. The van der Waals surface area contributed by atoms with Crippen molar-refractivity contribution in [2.24, 2.45) is 0 Å². The summed E-state index contributed by atoms with van der Waals surface area (Å²) in [4.78, 5) is 0. The van der Waals surface area contributed by atoms with Gasteiger partial charge in [0.15, 0.2) is 11.6 Å². The van der Waals surface area contributed by atoms with Gasteiger partial charge in [-0.15, -0.1) is 0 Å². The summed E-state index contributed by atoms with van der Waals surface area (Å²) >= 11 is 0. The van der Waals surface area contributed by atoms with Crippen molar-refractivity contribution in [1.82, 2.24) is 9.78 Å². The molecule has 90 valence electrons. The number of hydrogen-bond acceptors (Lipinski definition) is 2. The SMILES string of the molecule is CC(C)n1ccc(COc2ccccc2F)n1. The van der Waals surface area contributed by atoms with Crippen LogP contribution in [0.3, 0.4) is 0 Å². The molecule has 4 heteroatoms. The molecule has 1 aromatic heterocycles. The maximum absolute atomic E-state index is 13.3. The molecule has 3 nitrogen and oxygen atoms in total. The molecule has 17 heavy (non-hydrogen) atoms. The lowest BCUT2D eigenvalue weighted by Gasteiger charge is -2.06. The Morgan fingerprint density at radius 1 is 1.29 bits per heavy atom. The first kappa shape index (κ1) is 11.6. The van der Waals surface area contributed by atoms with E-state index in [1.807, 2.05) is 16.9 Å². The van der Waals surface area contributed by atoms with E-state index in [4.69, 9.17) is 4.74 Å². The minimum atomic E-state index is -0.351. The molecule has 0 bridgehead atoms. The summed E-state index contributed by atoms with van der Waals surface area (Å²) in [6.07, 6.45) is 1.89. The molecule has 0 atom stereocenters. The van der Waals surface area contributed by atoms with Gasteiger partial charge in [-0.1, -0.05) is 12.1 Å². The van der Waals surface area contributed by atoms with E-state index in [9.17, 15) is 4.39 Å². The fourth-order valence-corrected chi connectivity index (χ4v) is 1.46. The van der Waals surface area contributed by atoms with E-state index >= 15 is 0 Å². The van der Waals surface area contributed by atoms with Crippen molar-refractivity contribution in [3.05, 3.63) is 48.0 Å². The molecule has 1 heterocycles. The Morgan fingerprint density at radius 3 is 2.71 bits per heavy atom. The number of aromatic nitrogens is 2. The van der Waals surface area contributed by atoms with Gasteiger partial charge in [0.1, 0.15) is 6.61 Å². The van der Waals surface area contributed by atoms with Crippen LogP contribution in [0.2, 0.25) is 0 Å². The van der Waals surface area contributed by atoms with E-state index in [1.54, 1.807) is 18.2 Å². The third-order valence-corrected chi connectivity index (χ3v) is 2.40. The summed E-state index contributed by atoms with van der Waals surface area (Å²) in [7, 11) is 0. The molecule has 2 rings (SSSR count). The number of halogens is 1. The second kappa shape index (κ2) is 4.99. The van der Waals surface area contributed by atoms with E-state index in [2.05, 4.69) is 18.9 Å². The maximum Gasteiger partial charge on any atom is 0.165 e. The van der Waals surface area contributed by atoms with Crippen molar-refractivity contribution in [1.29, 1.82) is 0 Å². The van der Waals surface area contributed by atoms with E-state index in [0.29, 0.717) is 6.04 Å². The van der Waals surface area contributed by atoms with Gasteiger partial charge in [-0.3, -0.25) is 4.68 Å². The molecule has 0 spiro atoms. The molecule has 0 saturated heterocycles. The predicted octanol–water partition coefficient (Wildman–Crippen LogP) is 3.18. The van der Waals surface area contributed by atoms with Crippen molar-refractivity contribution >= 4 is 0 Å². The van der Waals surface area contributed by atoms with Crippen LogP contribution >= 0.6 is 0 Å². The highest BCUT2D eigenvalue weighted by Crippen LogP contribution is 2.16. The van der Waals surface area contributed by atoms with Gasteiger partial charge < -0.3 is 4.74 Å². The zero-order valence-corrected chi connectivity index (χ0v) is 9.93. The Balaban J connectivity index is 2.00. The fraction of sp³-hybridized carbons (Fsp3) is 0.308. The molecule has 0 fully saturated rings. The highest BCUT2D eigenvalue weighted by molar-refractivity contribution is 5.23. The second-order valence-electron chi connectivity index (χ2n) is 4.10. The largest absolute Gasteiger partial charge is 0.484 e. The van der Waals surface area contributed by atoms with Gasteiger partial charge in [0, 0.05) is 12.2 Å². The number of nitrogens with zero attached hydrogens (tertiary/aromatic N) is 2. The van der Waals surface area contributed by atoms with Crippen LogP contribution in [0, 0.1) is 5.82 Å². The zero-order chi connectivity index (χ0) is 12.3. The third kappa shape index (κ3) is 2.84. The van der Waals surface area contributed by atoms with Crippen LogP contribution in [-0.2, 0) is 6.61 Å². The smallest absolute Gasteiger partial charge is 0.165 e. The minimum absolute atomic E-state index is 0.256. The Bertz CT molecular complexity index is 494.